The third-order valence-corrected chi connectivity index (χ3v) is 3.84. The van der Waals surface area contributed by atoms with E-state index in [1.165, 1.54) is 25.0 Å². The molecular weight excluding hydrogens is 242 g/mol. The molecular formula is C14H23N3S. The zero-order valence-corrected chi connectivity index (χ0v) is 12.3. The van der Waals surface area contributed by atoms with Gasteiger partial charge in [-0.2, -0.15) is 0 Å². The monoisotopic (exact) mass is 265 g/mol. The highest BCUT2D eigenvalue weighted by molar-refractivity contribution is 7.15. The molecule has 0 radical (unpaired) electrons. The number of aromatic nitrogens is 2. The van der Waals surface area contributed by atoms with E-state index in [2.05, 4.69) is 53.2 Å². The summed E-state index contributed by atoms with van der Waals surface area (Å²) in [5, 5.41) is 5.73. The lowest BCUT2D eigenvalue weighted by atomic mass is 10.0. The SMILES string of the molecule is CCCCC(Cc1cn2ccsc2n1)NC(C)C. The number of hydrogen-bond donors (Lipinski definition) is 1. The summed E-state index contributed by atoms with van der Waals surface area (Å²) in [6.07, 6.45) is 9.05. The summed E-state index contributed by atoms with van der Waals surface area (Å²) in [5.41, 5.74) is 1.20. The highest BCUT2D eigenvalue weighted by Gasteiger charge is 2.12. The van der Waals surface area contributed by atoms with E-state index < -0.39 is 0 Å². The molecule has 2 heterocycles. The Labute approximate surface area is 113 Å². The molecule has 18 heavy (non-hydrogen) atoms. The molecule has 0 amide bonds. The van der Waals surface area contributed by atoms with Crippen LogP contribution in [0.5, 0.6) is 0 Å². The van der Waals surface area contributed by atoms with Crippen molar-refractivity contribution in [1.82, 2.24) is 14.7 Å². The van der Waals surface area contributed by atoms with Gasteiger partial charge >= 0.3 is 0 Å². The molecule has 0 bridgehead atoms. The summed E-state index contributed by atoms with van der Waals surface area (Å²) in [7, 11) is 0. The fourth-order valence-corrected chi connectivity index (χ4v) is 3.01. The summed E-state index contributed by atoms with van der Waals surface area (Å²) in [6.45, 7) is 6.68. The number of imidazole rings is 1. The van der Waals surface area contributed by atoms with Crippen LogP contribution in [0, 0.1) is 0 Å². The van der Waals surface area contributed by atoms with Crippen molar-refractivity contribution in [2.24, 2.45) is 0 Å². The van der Waals surface area contributed by atoms with E-state index in [4.69, 9.17) is 0 Å². The summed E-state index contributed by atoms with van der Waals surface area (Å²) < 4.78 is 2.12. The molecule has 4 heteroatoms. The Hall–Kier alpha value is -0.870. The second-order valence-electron chi connectivity index (χ2n) is 5.19. The number of rotatable bonds is 7. The third-order valence-electron chi connectivity index (χ3n) is 3.07. The number of unbranched alkanes of at least 4 members (excludes halogenated alkanes) is 1. The Balaban J connectivity index is 2.00. The molecule has 2 aromatic heterocycles. The van der Waals surface area contributed by atoms with E-state index in [0.717, 1.165) is 11.4 Å². The van der Waals surface area contributed by atoms with Gasteiger partial charge in [0.25, 0.3) is 0 Å². The molecule has 0 aliphatic heterocycles. The Kier molecular flexibility index (Phi) is 4.78. The number of thiazole rings is 1. The molecule has 0 saturated heterocycles. The first-order valence-electron chi connectivity index (χ1n) is 6.86. The van der Waals surface area contributed by atoms with Crippen molar-refractivity contribution in [2.45, 2.75) is 58.5 Å². The first-order chi connectivity index (χ1) is 8.69. The van der Waals surface area contributed by atoms with Gasteiger partial charge in [0.15, 0.2) is 4.96 Å². The molecule has 1 atom stereocenters. The predicted octanol–water partition coefficient (Wildman–Crippen LogP) is 3.50. The fourth-order valence-electron chi connectivity index (χ4n) is 2.29. The van der Waals surface area contributed by atoms with E-state index in [1.807, 2.05) is 0 Å². The van der Waals surface area contributed by atoms with E-state index in [-0.39, 0.29) is 0 Å². The first-order valence-corrected chi connectivity index (χ1v) is 7.74. The van der Waals surface area contributed by atoms with E-state index >= 15 is 0 Å². The van der Waals surface area contributed by atoms with Crippen molar-refractivity contribution in [1.29, 1.82) is 0 Å². The molecule has 0 aliphatic carbocycles. The standard InChI is InChI=1S/C14H23N3S/c1-4-5-6-12(15-11(2)3)9-13-10-17-7-8-18-14(17)16-13/h7-8,10-12,15H,4-6,9H2,1-3H3. The van der Waals surface area contributed by atoms with Crippen LogP contribution in [0.2, 0.25) is 0 Å². The summed E-state index contributed by atoms with van der Waals surface area (Å²) in [5.74, 6) is 0. The quantitative estimate of drug-likeness (QED) is 0.830. The smallest absolute Gasteiger partial charge is 0.193 e. The Morgan fingerprint density at radius 2 is 2.28 bits per heavy atom. The molecule has 0 aromatic carbocycles. The summed E-state index contributed by atoms with van der Waals surface area (Å²) >= 11 is 1.70. The van der Waals surface area contributed by atoms with Crippen LogP contribution in [0.25, 0.3) is 4.96 Å². The molecule has 1 N–H and O–H groups in total. The van der Waals surface area contributed by atoms with Gasteiger partial charge < -0.3 is 5.32 Å². The van der Waals surface area contributed by atoms with Crippen LogP contribution in [0.15, 0.2) is 17.8 Å². The van der Waals surface area contributed by atoms with E-state index in [1.54, 1.807) is 11.3 Å². The maximum absolute atomic E-state index is 4.67. The predicted molar refractivity (Wildman–Crippen MR) is 78.4 cm³/mol. The lowest BCUT2D eigenvalue weighted by Crippen LogP contribution is -2.36. The van der Waals surface area contributed by atoms with E-state index in [9.17, 15) is 0 Å². The van der Waals surface area contributed by atoms with Crippen LogP contribution in [-0.4, -0.2) is 21.5 Å². The molecule has 3 nitrogen and oxygen atoms in total. The van der Waals surface area contributed by atoms with Crippen LogP contribution in [0.1, 0.15) is 45.7 Å². The Morgan fingerprint density at radius 3 is 2.94 bits per heavy atom. The molecule has 0 spiro atoms. The van der Waals surface area contributed by atoms with Gasteiger partial charge in [-0.25, -0.2) is 4.98 Å². The van der Waals surface area contributed by atoms with Gasteiger partial charge in [-0.15, -0.1) is 11.3 Å². The molecule has 1 unspecified atom stereocenters. The summed E-state index contributed by atoms with van der Waals surface area (Å²) in [4.78, 5) is 5.77. The Morgan fingerprint density at radius 1 is 1.44 bits per heavy atom. The van der Waals surface area contributed by atoms with Gasteiger partial charge in [-0.05, 0) is 6.42 Å². The molecule has 2 rings (SSSR count). The van der Waals surface area contributed by atoms with Gasteiger partial charge in [-0.3, -0.25) is 4.40 Å². The van der Waals surface area contributed by atoms with Gasteiger partial charge in [0.1, 0.15) is 0 Å². The number of nitrogens with one attached hydrogen (secondary N) is 1. The van der Waals surface area contributed by atoms with Gasteiger partial charge in [0.05, 0.1) is 5.69 Å². The van der Waals surface area contributed by atoms with Gasteiger partial charge in [0.2, 0.25) is 0 Å². The summed E-state index contributed by atoms with van der Waals surface area (Å²) in [6, 6.07) is 1.09. The number of fused-ring (bicyclic) bond motifs is 1. The minimum atomic E-state index is 0.538. The zero-order valence-electron chi connectivity index (χ0n) is 11.5. The highest BCUT2D eigenvalue weighted by atomic mass is 32.1. The van der Waals surface area contributed by atoms with Crippen LogP contribution >= 0.6 is 11.3 Å². The average Bonchev–Trinajstić information content (AvgIpc) is 2.85. The van der Waals surface area contributed by atoms with Crippen LogP contribution < -0.4 is 5.32 Å². The van der Waals surface area contributed by atoms with Crippen molar-refractivity contribution in [3.8, 4) is 0 Å². The Bertz CT molecular complexity index is 444. The second kappa shape index (κ2) is 6.34. The normalized spacial score (nSPS) is 13.6. The molecule has 100 valence electrons. The topological polar surface area (TPSA) is 29.3 Å². The zero-order chi connectivity index (χ0) is 13.0. The molecule has 0 fully saturated rings. The third kappa shape index (κ3) is 3.56. The van der Waals surface area contributed by atoms with Crippen molar-refractivity contribution >= 4 is 16.3 Å². The largest absolute Gasteiger partial charge is 0.311 e. The van der Waals surface area contributed by atoms with Gasteiger partial charge in [-0.1, -0.05) is 33.6 Å². The van der Waals surface area contributed by atoms with E-state index in [0.29, 0.717) is 12.1 Å². The second-order valence-corrected chi connectivity index (χ2v) is 6.06. The van der Waals surface area contributed by atoms with Crippen molar-refractivity contribution < 1.29 is 0 Å². The van der Waals surface area contributed by atoms with Crippen molar-refractivity contribution in [3.63, 3.8) is 0 Å². The maximum atomic E-state index is 4.67. The lowest BCUT2D eigenvalue weighted by molar-refractivity contribution is 0.422. The minimum Gasteiger partial charge on any atom is -0.311 e. The van der Waals surface area contributed by atoms with Gasteiger partial charge in [0, 0.05) is 36.3 Å². The average molecular weight is 265 g/mol. The van der Waals surface area contributed by atoms with Crippen LogP contribution in [-0.2, 0) is 6.42 Å². The highest BCUT2D eigenvalue weighted by Crippen LogP contribution is 2.14. The van der Waals surface area contributed by atoms with Crippen LogP contribution in [0.3, 0.4) is 0 Å². The van der Waals surface area contributed by atoms with Crippen LogP contribution in [0.4, 0.5) is 0 Å². The minimum absolute atomic E-state index is 0.538. The number of hydrogen-bond acceptors (Lipinski definition) is 3. The molecule has 0 aliphatic rings. The number of nitrogens with zero attached hydrogens (tertiary/aromatic N) is 2. The van der Waals surface area contributed by atoms with Crippen molar-refractivity contribution in [3.05, 3.63) is 23.5 Å². The fraction of sp³-hybridized carbons (Fsp3) is 0.643. The van der Waals surface area contributed by atoms with Crippen molar-refractivity contribution in [2.75, 3.05) is 0 Å². The molecule has 0 saturated carbocycles. The molecule has 2 aromatic rings. The maximum Gasteiger partial charge on any atom is 0.193 e. The first kappa shape index (κ1) is 13.6. The lowest BCUT2D eigenvalue weighted by Gasteiger charge is -2.20.